The lowest BCUT2D eigenvalue weighted by Crippen LogP contribution is -2.26. The van der Waals surface area contributed by atoms with Gasteiger partial charge in [0.15, 0.2) is 0 Å². The third-order valence-corrected chi connectivity index (χ3v) is 3.63. The van der Waals surface area contributed by atoms with Crippen LogP contribution in [-0.4, -0.2) is 20.1 Å². The highest BCUT2D eigenvalue weighted by Gasteiger charge is 2.12. The van der Waals surface area contributed by atoms with Crippen molar-refractivity contribution in [1.82, 2.24) is 5.32 Å². The molecule has 2 nitrogen and oxygen atoms in total. The van der Waals surface area contributed by atoms with Crippen LogP contribution in [0.4, 0.5) is 5.69 Å². The summed E-state index contributed by atoms with van der Waals surface area (Å²) in [5, 5.41) is 4.06. The molecule has 1 unspecified atom stereocenters. The van der Waals surface area contributed by atoms with Crippen LogP contribution in [0.5, 0.6) is 0 Å². The predicted octanol–water partition coefficient (Wildman–Crippen LogP) is 3.39. The molecule has 0 spiro atoms. The van der Waals surface area contributed by atoms with Crippen molar-refractivity contribution in [1.29, 1.82) is 0 Å². The third-order valence-electron chi connectivity index (χ3n) is 3.31. The first-order valence-electron chi connectivity index (χ1n) is 6.09. The van der Waals surface area contributed by atoms with E-state index in [2.05, 4.69) is 47.5 Å². The zero-order chi connectivity index (χ0) is 12.3. The Morgan fingerprint density at radius 2 is 2.18 bits per heavy atom. The Morgan fingerprint density at radius 3 is 2.76 bits per heavy atom. The Morgan fingerprint density at radius 1 is 1.35 bits per heavy atom. The Hall–Kier alpha value is -0.990. The molecule has 0 fully saturated rings. The van der Waals surface area contributed by atoms with Crippen LogP contribution in [0.2, 0.25) is 5.02 Å². The van der Waals surface area contributed by atoms with Gasteiger partial charge in [-0.05, 0) is 38.1 Å². The van der Waals surface area contributed by atoms with E-state index in [4.69, 9.17) is 11.6 Å². The van der Waals surface area contributed by atoms with Gasteiger partial charge in [0, 0.05) is 29.8 Å². The normalized spacial score (nSPS) is 17.2. The highest BCUT2D eigenvalue weighted by Crippen LogP contribution is 2.28. The van der Waals surface area contributed by atoms with Gasteiger partial charge in [0.05, 0.1) is 0 Å². The van der Waals surface area contributed by atoms with E-state index in [9.17, 15) is 0 Å². The lowest BCUT2D eigenvalue weighted by molar-refractivity contribution is 0.652. The minimum Gasteiger partial charge on any atom is -0.367 e. The monoisotopic (exact) mass is 250 g/mol. The number of benzene rings is 1. The van der Waals surface area contributed by atoms with Crippen LogP contribution in [0.25, 0.3) is 0 Å². The number of nitrogens with zero attached hydrogens (tertiary/aromatic N) is 1. The van der Waals surface area contributed by atoms with Crippen molar-refractivity contribution in [2.24, 2.45) is 0 Å². The van der Waals surface area contributed by atoms with E-state index in [-0.39, 0.29) is 6.04 Å². The maximum Gasteiger partial charge on any atom is 0.0474 e. The molecule has 1 aromatic rings. The summed E-state index contributed by atoms with van der Waals surface area (Å²) in [5.74, 6) is 0. The van der Waals surface area contributed by atoms with Crippen molar-refractivity contribution in [2.45, 2.75) is 19.4 Å². The Balaban J connectivity index is 2.21. The lowest BCUT2D eigenvalue weighted by atomic mass is 10.1. The van der Waals surface area contributed by atoms with Gasteiger partial charge in [-0.2, -0.15) is 0 Å². The van der Waals surface area contributed by atoms with Crippen LogP contribution >= 0.6 is 11.6 Å². The lowest BCUT2D eigenvalue weighted by Gasteiger charge is -2.26. The summed E-state index contributed by atoms with van der Waals surface area (Å²) in [7, 11) is 1.95. The number of rotatable bonds is 3. The zero-order valence-corrected chi connectivity index (χ0v) is 11.2. The Kier molecular flexibility index (Phi) is 4.08. The predicted molar refractivity (Wildman–Crippen MR) is 74.9 cm³/mol. The van der Waals surface area contributed by atoms with Crippen LogP contribution in [0.3, 0.4) is 0 Å². The van der Waals surface area contributed by atoms with Crippen molar-refractivity contribution in [3.05, 3.63) is 40.9 Å². The molecule has 1 atom stereocenters. The minimum atomic E-state index is 0.290. The number of nitrogens with one attached hydrogen (secondary N) is 1. The van der Waals surface area contributed by atoms with E-state index in [1.165, 1.54) is 5.69 Å². The topological polar surface area (TPSA) is 15.3 Å². The van der Waals surface area contributed by atoms with Gasteiger partial charge < -0.3 is 10.2 Å². The van der Waals surface area contributed by atoms with Crippen LogP contribution < -0.4 is 10.2 Å². The van der Waals surface area contributed by atoms with Gasteiger partial charge in [-0.25, -0.2) is 0 Å². The number of hydrogen-bond donors (Lipinski definition) is 1. The Labute approximate surface area is 108 Å². The molecule has 1 aromatic carbocycles. The molecule has 0 aliphatic carbocycles. The zero-order valence-electron chi connectivity index (χ0n) is 10.4. The van der Waals surface area contributed by atoms with Crippen molar-refractivity contribution < 1.29 is 0 Å². The molecule has 1 aliphatic heterocycles. The molecular formula is C14H19ClN2. The summed E-state index contributed by atoms with van der Waals surface area (Å²) in [6.45, 7) is 4.18. The standard InChI is InChI=1S/C14H19ClN2/c1-11(16-2)13-7-6-12(10-14(13)15)17-8-4-3-5-9-17/h3-4,6-7,10-11,16H,5,8-9H2,1-2H3. The summed E-state index contributed by atoms with van der Waals surface area (Å²) < 4.78 is 0. The van der Waals surface area contributed by atoms with Crippen molar-refractivity contribution >= 4 is 17.3 Å². The van der Waals surface area contributed by atoms with Gasteiger partial charge in [0.2, 0.25) is 0 Å². The van der Waals surface area contributed by atoms with Gasteiger partial charge in [-0.15, -0.1) is 0 Å². The molecule has 0 aromatic heterocycles. The fourth-order valence-corrected chi connectivity index (χ4v) is 2.43. The van der Waals surface area contributed by atoms with E-state index < -0.39 is 0 Å². The highest BCUT2D eigenvalue weighted by molar-refractivity contribution is 6.31. The quantitative estimate of drug-likeness (QED) is 0.828. The molecule has 1 N–H and O–H groups in total. The fraction of sp³-hybridized carbons (Fsp3) is 0.429. The first kappa shape index (κ1) is 12.5. The van der Waals surface area contributed by atoms with Crippen LogP contribution in [-0.2, 0) is 0 Å². The summed E-state index contributed by atoms with van der Waals surface area (Å²) in [6.07, 6.45) is 5.56. The van der Waals surface area contributed by atoms with E-state index in [1.54, 1.807) is 0 Å². The first-order valence-corrected chi connectivity index (χ1v) is 6.47. The molecule has 0 radical (unpaired) electrons. The average Bonchev–Trinajstić information content (AvgIpc) is 2.39. The fourth-order valence-electron chi connectivity index (χ4n) is 2.10. The Bertz CT molecular complexity index is 415. The van der Waals surface area contributed by atoms with Gasteiger partial charge in [0.25, 0.3) is 0 Å². The van der Waals surface area contributed by atoms with Gasteiger partial charge in [-0.3, -0.25) is 0 Å². The number of hydrogen-bond acceptors (Lipinski definition) is 2. The second kappa shape index (κ2) is 5.56. The van der Waals surface area contributed by atoms with Crippen LogP contribution in [0.15, 0.2) is 30.4 Å². The molecule has 0 amide bonds. The molecular weight excluding hydrogens is 232 g/mol. The molecule has 0 saturated carbocycles. The van der Waals surface area contributed by atoms with Crippen molar-refractivity contribution in [3.63, 3.8) is 0 Å². The summed E-state index contributed by atoms with van der Waals surface area (Å²) in [4.78, 5) is 2.35. The van der Waals surface area contributed by atoms with Crippen molar-refractivity contribution in [3.8, 4) is 0 Å². The largest absolute Gasteiger partial charge is 0.367 e. The molecule has 3 heteroatoms. The average molecular weight is 251 g/mol. The van der Waals surface area contributed by atoms with E-state index in [0.717, 1.165) is 30.1 Å². The molecule has 2 rings (SSSR count). The second-order valence-corrected chi connectivity index (χ2v) is 4.83. The maximum atomic E-state index is 6.34. The SMILES string of the molecule is CNC(C)c1ccc(N2CC=CCC2)cc1Cl. The van der Waals surface area contributed by atoms with Crippen LogP contribution in [0, 0.1) is 0 Å². The van der Waals surface area contributed by atoms with Crippen molar-refractivity contribution in [2.75, 3.05) is 25.0 Å². The smallest absolute Gasteiger partial charge is 0.0474 e. The molecule has 17 heavy (non-hydrogen) atoms. The van der Waals surface area contributed by atoms with E-state index >= 15 is 0 Å². The second-order valence-electron chi connectivity index (χ2n) is 4.42. The summed E-state index contributed by atoms with van der Waals surface area (Å²) in [6, 6.07) is 6.65. The van der Waals surface area contributed by atoms with E-state index in [1.807, 2.05) is 7.05 Å². The van der Waals surface area contributed by atoms with Crippen LogP contribution in [0.1, 0.15) is 24.9 Å². The maximum absolute atomic E-state index is 6.34. The molecule has 92 valence electrons. The molecule has 0 saturated heterocycles. The number of halogens is 1. The molecule has 0 bridgehead atoms. The number of anilines is 1. The van der Waals surface area contributed by atoms with Gasteiger partial charge in [0.1, 0.15) is 0 Å². The minimum absolute atomic E-state index is 0.290. The first-order chi connectivity index (χ1) is 8.22. The van der Waals surface area contributed by atoms with E-state index in [0.29, 0.717) is 0 Å². The summed E-state index contributed by atoms with van der Waals surface area (Å²) >= 11 is 6.34. The summed E-state index contributed by atoms with van der Waals surface area (Å²) in [5.41, 5.74) is 2.37. The molecule has 1 aliphatic rings. The molecule has 1 heterocycles. The van der Waals surface area contributed by atoms with Gasteiger partial charge in [-0.1, -0.05) is 29.8 Å². The van der Waals surface area contributed by atoms with Gasteiger partial charge >= 0.3 is 0 Å². The highest BCUT2D eigenvalue weighted by atomic mass is 35.5. The third kappa shape index (κ3) is 2.82.